The molecule has 1 saturated heterocycles. The van der Waals surface area contributed by atoms with E-state index in [0.717, 1.165) is 21.8 Å². The number of nitrogens with one attached hydrogen (secondary N) is 2. The molecule has 0 unspecified atom stereocenters. The number of methoxy groups -OCH3 is 1. The number of rotatable bonds is 8. The molecule has 0 bridgehead atoms. The van der Waals surface area contributed by atoms with Crippen molar-refractivity contribution >= 4 is 17.8 Å². The summed E-state index contributed by atoms with van der Waals surface area (Å²) >= 11 is 0. The summed E-state index contributed by atoms with van der Waals surface area (Å²) in [5.41, 5.74) is 1.89. The number of amides is 4. The minimum Gasteiger partial charge on any atom is -0.497 e. The molecule has 2 heterocycles. The first kappa shape index (κ1) is 19.3. The highest BCUT2D eigenvalue weighted by Crippen LogP contribution is 2.14. The van der Waals surface area contributed by atoms with Crippen molar-refractivity contribution in [3.63, 3.8) is 0 Å². The lowest BCUT2D eigenvalue weighted by molar-refractivity contribution is -0.130. The predicted octanol–water partition coefficient (Wildman–Crippen LogP) is 1.26. The lowest BCUT2D eigenvalue weighted by Gasteiger charge is -2.13. The van der Waals surface area contributed by atoms with E-state index in [9.17, 15) is 14.4 Å². The number of carbonyl (C=O) groups is 3. The van der Waals surface area contributed by atoms with Crippen molar-refractivity contribution in [2.24, 2.45) is 0 Å². The second-order valence-electron chi connectivity index (χ2n) is 6.43. The zero-order valence-electron chi connectivity index (χ0n) is 15.6. The van der Waals surface area contributed by atoms with E-state index in [1.165, 1.54) is 0 Å². The fourth-order valence-electron chi connectivity index (χ4n) is 2.92. The number of nitrogens with zero attached hydrogens (tertiary/aromatic N) is 2. The van der Waals surface area contributed by atoms with E-state index in [2.05, 4.69) is 15.6 Å². The molecule has 28 heavy (non-hydrogen) atoms. The van der Waals surface area contributed by atoms with Crippen LogP contribution < -0.4 is 15.4 Å². The summed E-state index contributed by atoms with van der Waals surface area (Å²) in [5, 5.41) is 5.33. The second kappa shape index (κ2) is 8.98. The molecule has 1 atom stereocenters. The van der Waals surface area contributed by atoms with E-state index < -0.39 is 12.1 Å². The third-order valence-electron chi connectivity index (χ3n) is 4.52. The first-order chi connectivity index (χ1) is 13.6. The van der Waals surface area contributed by atoms with Gasteiger partial charge in [0.25, 0.3) is 5.91 Å². The third-order valence-corrected chi connectivity index (χ3v) is 4.52. The number of imide groups is 1. The number of ether oxygens (including phenoxy) is 1. The van der Waals surface area contributed by atoms with Crippen LogP contribution in [0.25, 0.3) is 0 Å². The van der Waals surface area contributed by atoms with Crippen LogP contribution >= 0.6 is 0 Å². The van der Waals surface area contributed by atoms with Crippen LogP contribution in [-0.4, -0.2) is 47.4 Å². The molecular weight excluding hydrogens is 360 g/mol. The van der Waals surface area contributed by atoms with Gasteiger partial charge in [0.15, 0.2) is 0 Å². The quantitative estimate of drug-likeness (QED) is 0.670. The van der Waals surface area contributed by atoms with Crippen molar-refractivity contribution in [2.45, 2.75) is 25.4 Å². The molecule has 0 radical (unpaired) electrons. The number of benzene rings is 1. The fraction of sp³-hybridized carbons (Fsp3) is 0.300. The number of aromatic nitrogens is 1. The Kier molecular flexibility index (Phi) is 6.21. The molecule has 0 aliphatic carbocycles. The van der Waals surface area contributed by atoms with E-state index in [4.69, 9.17) is 4.74 Å². The average Bonchev–Trinajstić information content (AvgIpc) is 2.98. The van der Waals surface area contributed by atoms with Crippen LogP contribution in [0.1, 0.15) is 17.5 Å². The van der Waals surface area contributed by atoms with Crippen LogP contribution in [0.5, 0.6) is 5.75 Å². The largest absolute Gasteiger partial charge is 0.497 e. The Morgan fingerprint density at radius 2 is 1.86 bits per heavy atom. The maximum Gasteiger partial charge on any atom is 0.324 e. The van der Waals surface area contributed by atoms with Crippen LogP contribution in [0.4, 0.5) is 4.79 Å². The maximum absolute atomic E-state index is 12.5. The highest BCUT2D eigenvalue weighted by Gasteiger charge is 2.38. The van der Waals surface area contributed by atoms with E-state index >= 15 is 0 Å². The van der Waals surface area contributed by atoms with Gasteiger partial charge in [-0.2, -0.15) is 0 Å². The van der Waals surface area contributed by atoms with Crippen LogP contribution in [0.2, 0.25) is 0 Å². The molecular formula is C20H22N4O4. The number of hydrogen-bond acceptors (Lipinski definition) is 5. The topological polar surface area (TPSA) is 101 Å². The minimum absolute atomic E-state index is 0.0886. The van der Waals surface area contributed by atoms with E-state index in [1.807, 2.05) is 24.3 Å². The molecule has 4 amide bonds. The Labute approximate surface area is 162 Å². The lowest BCUT2D eigenvalue weighted by atomic mass is 10.1. The second-order valence-corrected chi connectivity index (χ2v) is 6.43. The Morgan fingerprint density at radius 3 is 2.54 bits per heavy atom. The van der Waals surface area contributed by atoms with Gasteiger partial charge in [0.05, 0.1) is 13.5 Å². The van der Waals surface area contributed by atoms with Gasteiger partial charge in [-0.05, 0) is 41.8 Å². The van der Waals surface area contributed by atoms with Crippen molar-refractivity contribution in [1.82, 2.24) is 20.5 Å². The summed E-state index contributed by atoms with van der Waals surface area (Å²) in [7, 11) is 1.59. The van der Waals surface area contributed by atoms with Crippen molar-refractivity contribution in [2.75, 3.05) is 13.7 Å². The molecule has 1 aromatic carbocycles. The summed E-state index contributed by atoms with van der Waals surface area (Å²) in [4.78, 5) is 41.8. The maximum atomic E-state index is 12.5. The van der Waals surface area contributed by atoms with Gasteiger partial charge < -0.3 is 15.4 Å². The van der Waals surface area contributed by atoms with Gasteiger partial charge >= 0.3 is 6.03 Å². The van der Waals surface area contributed by atoms with E-state index in [-0.39, 0.29) is 24.8 Å². The molecule has 0 saturated carbocycles. The first-order valence-corrected chi connectivity index (χ1v) is 8.97. The van der Waals surface area contributed by atoms with Gasteiger partial charge in [-0.3, -0.25) is 19.5 Å². The molecule has 0 spiro atoms. The Balaban J connectivity index is 1.48. The molecule has 8 nitrogen and oxygen atoms in total. The SMILES string of the molecule is COc1ccc(CCN2C(=O)N[C@H](CC(=O)NCc3ccncc3)C2=O)cc1. The zero-order valence-corrected chi connectivity index (χ0v) is 15.6. The fourth-order valence-corrected chi connectivity index (χ4v) is 2.92. The molecule has 1 aromatic heterocycles. The lowest BCUT2D eigenvalue weighted by Crippen LogP contribution is -2.36. The summed E-state index contributed by atoms with van der Waals surface area (Å²) < 4.78 is 5.11. The van der Waals surface area contributed by atoms with Gasteiger partial charge in [0, 0.05) is 25.5 Å². The van der Waals surface area contributed by atoms with Crippen molar-refractivity contribution in [3.05, 3.63) is 59.9 Å². The van der Waals surface area contributed by atoms with Crippen LogP contribution in [0.15, 0.2) is 48.8 Å². The van der Waals surface area contributed by atoms with Gasteiger partial charge in [-0.15, -0.1) is 0 Å². The predicted molar refractivity (Wildman–Crippen MR) is 101 cm³/mol. The average molecular weight is 382 g/mol. The summed E-state index contributed by atoms with van der Waals surface area (Å²) in [6.45, 7) is 0.601. The molecule has 146 valence electrons. The Morgan fingerprint density at radius 1 is 1.14 bits per heavy atom. The molecule has 1 aliphatic heterocycles. The number of pyridine rings is 1. The van der Waals surface area contributed by atoms with Gasteiger partial charge in [0.1, 0.15) is 11.8 Å². The smallest absolute Gasteiger partial charge is 0.324 e. The first-order valence-electron chi connectivity index (χ1n) is 8.97. The highest BCUT2D eigenvalue weighted by molar-refractivity contribution is 6.05. The van der Waals surface area contributed by atoms with E-state index in [1.54, 1.807) is 31.6 Å². The van der Waals surface area contributed by atoms with Crippen LogP contribution in [-0.2, 0) is 22.6 Å². The Bertz CT molecular complexity index is 839. The molecule has 8 heteroatoms. The summed E-state index contributed by atoms with van der Waals surface area (Å²) in [6.07, 6.45) is 3.73. The summed E-state index contributed by atoms with van der Waals surface area (Å²) in [6, 6.07) is 9.73. The Hall–Kier alpha value is -3.42. The van der Waals surface area contributed by atoms with Crippen LogP contribution in [0.3, 0.4) is 0 Å². The number of hydrogen-bond donors (Lipinski definition) is 2. The monoisotopic (exact) mass is 382 g/mol. The zero-order chi connectivity index (χ0) is 19.9. The van der Waals surface area contributed by atoms with Gasteiger partial charge in [0.2, 0.25) is 5.91 Å². The standard InChI is InChI=1S/C20H22N4O4/c1-28-16-4-2-14(3-5-16)8-11-24-19(26)17(23-20(24)27)12-18(25)22-13-15-6-9-21-10-7-15/h2-7,9-10,17H,8,11-13H2,1H3,(H,22,25)(H,23,27)/t17-/m1/s1. The molecule has 1 aliphatic rings. The molecule has 2 aromatic rings. The van der Waals surface area contributed by atoms with Crippen LogP contribution in [0, 0.1) is 0 Å². The third kappa shape index (κ3) is 4.85. The molecule has 1 fully saturated rings. The minimum atomic E-state index is -0.833. The van der Waals surface area contributed by atoms with E-state index in [0.29, 0.717) is 13.0 Å². The summed E-state index contributed by atoms with van der Waals surface area (Å²) in [5.74, 6) is 0.0709. The van der Waals surface area contributed by atoms with Crippen molar-refractivity contribution in [3.8, 4) is 5.75 Å². The van der Waals surface area contributed by atoms with Gasteiger partial charge in [-0.1, -0.05) is 12.1 Å². The number of carbonyl (C=O) groups excluding carboxylic acids is 3. The molecule has 3 rings (SSSR count). The van der Waals surface area contributed by atoms with Crippen molar-refractivity contribution < 1.29 is 19.1 Å². The van der Waals surface area contributed by atoms with Crippen molar-refractivity contribution in [1.29, 1.82) is 0 Å². The van der Waals surface area contributed by atoms with Gasteiger partial charge in [-0.25, -0.2) is 4.79 Å². The molecule has 2 N–H and O–H groups in total. The number of urea groups is 1. The normalized spacial score (nSPS) is 16.0. The highest BCUT2D eigenvalue weighted by atomic mass is 16.5.